The second-order valence-corrected chi connectivity index (χ2v) is 13.1. The minimum absolute atomic E-state index is 0.0616. The number of halogens is 2. The number of thiophene rings is 1. The number of aliphatic imine (C=N–C) groups is 1. The molecule has 1 saturated heterocycles. The van der Waals surface area contributed by atoms with Crippen LogP contribution in [0.3, 0.4) is 0 Å². The minimum Gasteiger partial charge on any atom is -0.493 e. The van der Waals surface area contributed by atoms with Crippen molar-refractivity contribution in [2.75, 3.05) is 25.1 Å². The highest BCUT2D eigenvalue weighted by molar-refractivity contribution is 7.20. The molecule has 3 aliphatic heterocycles. The number of piperidine rings is 1. The quantitative estimate of drug-likeness (QED) is 0.195. The molecule has 46 heavy (non-hydrogen) atoms. The molecule has 1 fully saturated rings. The van der Waals surface area contributed by atoms with Gasteiger partial charge in [-0.05, 0) is 60.2 Å². The van der Waals surface area contributed by atoms with Crippen LogP contribution >= 0.6 is 34.5 Å². The lowest BCUT2D eigenvalue weighted by Gasteiger charge is -2.39. The first-order chi connectivity index (χ1) is 22.2. The Morgan fingerprint density at radius 3 is 2.61 bits per heavy atom. The average Bonchev–Trinajstić information content (AvgIpc) is 3.63. The Labute approximate surface area is 277 Å². The van der Waals surface area contributed by atoms with Crippen molar-refractivity contribution in [1.29, 1.82) is 5.26 Å². The van der Waals surface area contributed by atoms with Gasteiger partial charge in [0.05, 0.1) is 24.2 Å². The lowest BCUT2D eigenvalue weighted by Crippen LogP contribution is -2.37. The van der Waals surface area contributed by atoms with Crippen molar-refractivity contribution >= 4 is 61.9 Å². The van der Waals surface area contributed by atoms with Crippen molar-refractivity contribution < 1.29 is 9.47 Å². The number of hydrogen-bond donors (Lipinski definition) is 0. The van der Waals surface area contributed by atoms with E-state index in [9.17, 15) is 14.9 Å². The van der Waals surface area contributed by atoms with E-state index in [1.807, 2.05) is 6.07 Å². The highest BCUT2D eigenvalue weighted by atomic mass is 35.5. The first kappa shape index (κ1) is 30.1. The number of imidazole rings is 1. The lowest BCUT2D eigenvalue weighted by atomic mass is 9.84. The number of hydrogen-bond acceptors (Lipinski definition) is 9. The summed E-state index contributed by atoms with van der Waals surface area (Å²) in [6.45, 7) is 2.17. The number of anilines is 1. The normalized spacial score (nSPS) is 14.3. The molecule has 0 saturated carbocycles. The Morgan fingerprint density at radius 1 is 1.11 bits per heavy atom. The number of nitrogens with zero attached hydrogens (tertiary/aromatic N) is 7. The second-order valence-electron chi connectivity index (χ2n) is 11.2. The van der Waals surface area contributed by atoms with Gasteiger partial charge in [-0.1, -0.05) is 40.6 Å². The fraction of sp³-hybridized carbons (Fsp3) is 0.281. The maximum atomic E-state index is 13.3. The van der Waals surface area contributed by atoms with Crippen LogP contribution in [0.5, 0.6) is 17.5 Å². The summed E-state index contributed by atoms with van der Waals surface area (Å²) in [5.74, 6) is 1.15. The number of aryl methyl sites for hydroxylation is 1. The summed E-state index contributed by atoms with van der Waals surface area (Å²) in [6.07, 6.45) is 3.86. The third-order valence-corrected chi connectivity index (χ3v) is 10.3. The molecule has 3 aromatic heterocycles. The third kappa shape index (κ3) is 4.95. The van der Waals surface area contributed by atoms with Crippen molar-refractivity contribution in [3.63, 3.8) is 0 Å². The predicted molar refractivity (Wildman–Crippen MR) is 179 cm³/mol. The zero-order chi connectivity index (χ0) is 32.3. The summed E-state index contributed by atoms with van der Waals surface area (Å²) >= 11 is 14.2. The maximum absolute atomic E-state index is 13.3. The number of methoxy groups -OCH3 is 1. The molecule has 0 N–H and O–H groups in total. The molecule has 3 aliphatic rings. The van der Waals surface area contributed by atoms with Crippen molar-refractivity contribution in [2.24, 2.45) is 19.1 Å². The van der Waals surface area contributed by atoms with Gasteiger partial charge in [0.15, 0.2) is 22.7 Å². The van der Waals surface area contributed by atoms with Crippen LogP contribution < -0.4 is 25.6 Å². The SMILES string of the molecule is COc1cc(C=Nc2sc3c(c2C#N)C2CCN3CC2)ccc1Oc1nc2c(c(=O)n(C)c(=O)n2C)n1Cc1ccc(Cl)cc1Cl. The molecule has 234 valence electrons. The van der Waals surface area contributed by atoms with E-state index in [0.29, 0.717) is 43.6 Å². The number of nitriles is 1. The Balaban J connectivity index is 1.26. The second kappa shape index (κ2) is 11.7. The molecule has 14 heteroatoms. The molecule has 0 radical (unpaired) electrons. The number of fused-ring (bicyclic) bond motifs is 3. The minimum atomic E-state index is -0.527. The third-order valence-electron chi connectivity index (χ3n) is 8.59. The summed E-state index contributed by atoms with van der Waals surface area (Å²) in [6, 6.07) is 12.8. The zero-order valence-corrected chi connectivity index (χ0v) is 27.4. The van der Waals surface area contributed by atoms with Crippen molar-refractivity contribution in [3.05, 3.63) is 89.5 Å². The lowest BCUT2D eigenvalue weighted by molar-refractivity contribution is 0.361. The number of ether oxygens (including phenoxy) is 2. The average molecular weight is 677 g/mol. The molecular formula is C32H27Cl2N7O4S. The molecular weight excluding hydrogens is 649 g/mol. The zero-order valence-electron chi connectivity index (χ0n) is 25.1. The Bertz CT molecular complexity index is 2240. The van der Waals surface area contributed by atoms with Crippen molar-refractivity contribution in [1.82, 2.24) is 18.7 Å². The molecule has 0 spiro atoms. The summed E-state index contributed by atoms with van der Waals surface area (Å²) in [5.41, 5.74) is 2.50. The highest BCUT2D eigenvalue weighted by Crippen LogP contribution is 2.52. The molecule has 0 unspecified atom stereocenters. The predicted octanol–water partition coefficient (Wildman–Crippen LogP) is 5.97. The summed E-state index contributed by atoms with van der Waals surface area (Å²) in [4.78, 5) is 37.7. The van der Waals surface area contributed by atoms with Gasteiger partial charge in [-0.2, -0.15) is 10.2 Å². The van der Waals surface area contributed by atoms with Crippen molar-refractivity contribution in [2.45, 2.75) is 25.3 Å². The fourth-order valence-corrected chi connectivity index (χ4v) is 7.86. The van der Waals surface area contributed by atoms with E-state index in [2.05, 4.69) is 16.0 Å². The molecule has 6 heterocycles. The van der Waals surface area contributed by atoms with Gasteiger partial charge >= 0.3 is 11.7 Å². The summed E-state index contributed by atoms with van der Waals surface area (Å²) < 4.78 is 15.8. The molecule has 5 aromatic rings. The monoisotopic (exact) mass is 675 g/mol. The van der Waals surface area contributed by atoms with E-state index in [1.165, 1.54) is 23.7 Å². The summed E-state index contributed by atoms with van der Waals surface area (Å²) in [5, 5.41) is 12.7. The van der Waals surface area contributed by atoms with Gasteiger partial charge in [0, 0.05) is 49.0 Å². The van der Waals surface area contributed by atoms with Crippen LogP contribution in [0.2, 0.25) is 10.0 Å². The van der Waals surface area contributed by atoms with Crippen LogP contribution in [-0.4, -0.2) is 45.1 Å². The topological polar surface area (TPSA) is 120 Å². The Morgan fingerprint density at radius 2 is 1.89 bits per heavy atom. The standard InChI is InChI=1S/C32H27Cl2N7O4S/c1-38-27-26(29(42)39(2)32(38)43)41(16-19-5-6-20(33)13-22(19)34)31(37-27)45-23-7-4-17(12-24(23)44-3)15-36-28-21(14-35)25-18-8-10-40(11-9-18)30(25)46-28/h4-7,12-13,15,18H,8-11,16H2,1-3H3. The van der Waals surface area contributed by atoms with Crippen LogP contribution in [0, 0.1) is 11.3 Å². The molecule has 0 amide bonds. The van der Waals surface area contributed by atoms with Gasteiger partial charge in [-0.3, -0.25) is 18.5 Å². The largest absolute Gasteiger partial charge is 0.493 e. The smallest absolute Gasteiger partial charge is 0.332 e. The molecule has 2 aromatic carbocycles. The molecule has 0 aliphatic carbocycles. The number of aromatic nitrogens is 4. The van der Waals surface area contributed by atoms with Gasteiger partial charge in [0.25, 0.3) is 5.56 Å². The highest BCUT2D eigenvalue weighted by Gasteiger charge is 2.36. The molecule has 11 nitrogen and oxygen atoms in total. The Hall–Kier alpha value is -4.57. The van der Waals surface area contributed by atoms with E-state index in [4.69, 9.17) is 37.7 Å². The van der Waals surface area contributed by atoms with Gasteiger partial charge in [0.2, 0.25) is 0 Å². The van der Waals surface area contributed by atoms with Gasteiger partial charge < -0.3 is 14.4 Å². The molecule has 2 bridgehead atoms. The molecule has 8 rings (SSSR count). The van der Waals surface area contributed by atoms with Gasteiger partial charge in [0.1, 0.15) is 11.1 Å². The van der Waals surface area contributed by atoms with E-state index in [1.54, 1.807) is 59.5 Å². The van der Waals surface area contributed by atoms with Crippen LogP contribution in [0.4, 0.5) is 10.0 Å². The van der Waals surface area contributed by atoms with E-state index in [-0.39, 0.29) is 23.7 Å². The first-order valence-corrected chi connectivity index (χ1v) is 16.1. The molecule has 0 atom stereocenters. The van der Waals surface area contributed by atoms with E-state index in [0.717, 1.165) is 41.6 Å². The summed E-state index contributed by atoms with van der Waals surface area (Å²) in [7, 11) is 4.47. The van der Waals surface area contributed by atoms with Crippen LogP contribution in [0.25, 0.3) is 11.2 Å². The first-order valence-electron chi connectivity index (χ1n) is 14.5. The van der Waals surface area contributed by atoms with E-state index < -0.39 is 11.2 Å². The maximum Gasteiger partial charge on any atom is 0.332 e. The van der Waals surface area contributed by atoms with Gasteiger partial charge in [-0.25, -0.2) is 9.79 Å². The van der Waals surface area contributed by atoms with E-state index >= 15 is 0 Å². The van der Waals surface area contributed by atoms with Crippen LogP contribution in [0.1, 0.15) is 41.0 Å². The Kier molecular flexibility index (Phi) is 7.63. The number of rotatable bonds is 7. The fourth-order valence-electron chi connectivity index (χ4n) is 6.16. The number of benzene rings is 2. The van der Waals surface area contributed by atoms with Crippen molar-refractivity contribution in [3.8, 4) is 23.6 Å². The van der Waals surface area contributed by atoms with Crippen LogP contribution in [0.15, 0.2) is 51.0 Å². The van der Waals surface area contributed by atoms with Crippen LogP contribution in [-0.2, 0) is 20.6 Å². The van der Waals surface area contributed by atoms with Gasteiger partial charge in [-0.15, -0.1) is 0 Å².